The Balaban J connectivity index is 2.82. The summed E-state index contributed by atoms with van der Waals surface area (Å²) in [5.41, 5.74) is 0.889. The molecule has 1 atom stereocenters. The number of rotatable bonds is 3. The Labute approximate surface area is 76.7 Å². The van der Waals surface area contributed by atoms with Gasteiger partial charge in [-0.1, -0.05) is 18.2 Å². The number of aliphatic hydroxyl groups is 1. The van der Waals surface area contributed by atoms with Crippen molar-refractivity contribution in [1.29, 1.82) is 0 Å². The summed E-state index contributed by atoms with van der Waals surface area (Å²) in [7, 11) is 0. The summed E-state index contributed by atoms with van der Waals surface area (Å²) >= 11 is 5.65. The van der Waals surface area contributed by atoms with Crippen LogP contribution in [-0.2, 0) is 5.88 Å². The molecule has 0 aromatic heterocycles. The molecule has 0 spiro atoms. The molecule has 1 aromatic rings. The van der Waals surface area contributed by atoms with Gasteiger partial charge in [0.1, 0.15) is 5.75 Å². The summed E-state index contributed by atoms with van der Waals surface area (Å²) in [5, 5.41) is 8.96. The molecular formula is C9H11ClO2. The zero-order valence-electron chi connectivity index (χ0n) is 6.83. The summed E-state index contributed by atoms with van der Waals surface area (Å²) in [6.07, 6.45) is -0.797. The van der Waals surface area contributed by atoms with Gasteiger partial charge in [-0.3, -0.25) is 0 Å². The molecule has 0 aliphatic carbocycles. The molecule has 1 N–H and O–H groups in total. The number of para-hydroxylation sites is 1. The van der Waals surface area contributed by atoms with Crippen LogP contribution in [0.3, 0.4) is 0 Å². The van der Waals surface area contributed by atoms with Crippen molar-refractivity contribution in [2.45, 2.75) is 19.1 Å². The second-order valence-electron chi connectivity index (χ2n) is 2.46. The van der Waals surface area contributed by atoms with Crippen LogP contribution >= 0.6 is 11.6 Å². The fourth-order valence-electron chi connectivity index (χ4n) is 0.913. The van der Waals surface area contributed by atoms with E-state index in [0.29, 0.717) is 11.6 Å². The van der Waals surface area contributed by atoms with Crippen LogP contribution < -0.4 is 4.74 Å². The summed E-state index contributed by atoms with van der Waals surface area (Å²) in [5.74, 6) is 1.03. The van der Waals surface area contributed by atoms with Crippen molar-refractivity contribution in [1.82, 2.24) is 0 Å². The molecule has 1 aromatic carbocycles. The number of halogens is 1. The van der Waals surface area contributed by atoms with Gasteiger partial charge in [0, 0.05) is 5.56 Å². The molecule has 0 aliphatic rings. The molecule has 0 saturated carbocycles. The fraction of sp³-hybridized carbons (Fsp3) is 0.333. The highest BCUT2D eigenvalue weighted by atomic mass is 35.5. The van der Waals surface area contributed by atoms with E-state index in [4.69, 9.17) is 21.4 Å². The van der Waals surface area contributed by atoms with Crippen LogP contribution in [0, 0.1) is 0 Å². The lowest BCUT2D eigenvalue weighted by Gasteiger charge is -2.11. The Morgan fingerprint density at radius 3 is 2.75 bits per heavy atom. The van der Waals surface area contributed by atoms with Gasteiger partial charge in [-0.25, -0.2) is 0 Å². The molecule has 0 heterocycles. The van der Waals surface area contributed by atoms with E-state index in [0.717, 1.165) is 5.56 Å². The van der Waals surface area contributed by atoms with Crippen molar-refractivity contribution in [3.05, 3.63) is 29.8 Å². The van der Waals surface area contributed by atoms with E-state index < -0.39 is 6.29 Å². The van der Waals surface area contributed by atoms with Gasteiger partial charge in [-0.2, -0.15) is 0 Å². The molecule has 2 nitrogen and oxygen atoms in total. The predicted octanol–water partition coefficient (Wildman–Crippen LogP) is 2.14. The lowest BCUT2D eigenvalue weighted by Crippen LogP contribution is -2.10. The number of alkyl halides is 1. The maximum absolute atomic E-state index is 8.96. The Bertz CT molecular complexity index is 248. The van der Waals surface area contributed by atoms with Crippen LogP contribution in [0.2, 0.25) is 0 Å². The van der Waals surface area contributed by atoms with E-state index >= 15 is 0 Å². The van der Waals surface area contributed by atoms with Crippen LogP contribution in [0.25, 0.3) is 0 Å². The van der Waals surface area contributed by atoms with Crippen LogP contribution in [0.1, 0.15) is 12.5 Å². The maximum atomic E-state index is 8.96. The van der Waals surface area contributed by atoms with Gasteiger partial charge in [0.05, 0.1) is 5.88 Å². The van der Waals surface area contributed by atoms with E-state index in [1.807, 2.05) is 18.2 Å². The first-order valence-corrected chi connectivity index (χ1v) is 4.26. The SMILES string of the molecule is CC(O)Oc1ccccc1CCl. The highest BCUT2D eigenvalue weighted by Crippen LogP contribution is 2.20. The largest absolute Gasteiger partial charge is 0.465 e. The second-order valence-corrected chi connectivity index (χ2v) is 2.73. The smallest absolute Gasteiger partial charge is 0.194 e. The van der Waals surface area contributed by atoms with Crippen molar-refractivity contribution < 1.29 is 9.84 Å². The highest BCUT2D eigenvalue weighted by molar-refractivity contribution is 6.17. The second kappa shape index (κ2) is 4.33. The molecule has 3 heteroatoms. The third-order valence-corrected chi connectivity index (χ3v) is 1.70. The number of benzene rings is 1. The van der Waals surface area contributed by atoms with E-state index in [1.165, 1.54) is 0 Å². The number of ether oxygens (including phenoxy) is 1. The van der Waals surface area contributed by atoms with E-state index in [1.54, 1.807) is 13.0 Å². The third kappa shape index (κ3) is 2.40. The maximum Gasteiger partial charge on any atom is 0.194 e. The molecule has 1 rings (SSSR count). The average Bonchev–Trinajstić information content (AvgIpc) is 2.04. The van der Waals surface area contributed by atoms with Crippen molar-refractivity contribution in [2.24, 2.45) is 0 Å². The minimum Gasteiger partial charge on any atom is -0.465 e. The zero-order chi connectivity index (χ0) is 8.97. The first-order chi connectivity index (χ1) is 5.74. The van der Waals surface area contributed by atoms with Crippen LogP contribution in [0.4, 0.5) is 0 Å². The standard InChI is InChI=1S/C9H11ClO2/c1-7(11)12-9-5-3-2-4-8(9)6-10/h2-5,7,11H,6H2,1H3. The van der Waals surface area contributed by atoms with Gasteiger partial charge < -0.3 is 9.84 Å². The number of aliphatic hydroxyl groups excluding tert-OH is 1. The monoisotopic (exact) mass is 186 g/mol. The molecule has 66 valence electrons. The summed E-state index contributed by atoms with van der Waals surface area (Å²) in [6.45, 7) is 1.56. The van der Waals surface area contributed by atoms with Crippen LogP contribution in [0.15, 0.2) is 24.3 Å². The molecule has 1 unspecified atom stereocenters. The molecule has 12 heavy (non-hydrogen) atoms. The van der Waals surface area contributed by atoms with E-state index in [-0.39, 0.29) is 0 Å². The number of hydrogen-bond acceptors (Lipinski definition) is 2. The number of hydrogen-bond donors (Lipinski definition) is 1. The third-order valence-electron chi connectivity index (χ3n) is 1.41. The van der Waals surface area contributed by atoms with Crippen molar-refractivity contribution in [3.63, 3.8) is 0 Å². The lowest BCUT2D eigenvalue weighted by molar-refractivity contribution is -0.000852. The summed E-state index contributed by atoms with van der Waals surface area (Å²) < 4.78 is 5.11. The molecule has 0 amide bonds. The summed E-state index contributed by atoms with van der Waals surface area (Å²) in [4.78, 5) is 0. The highest BCUT2D eigenvalue weighted by Gasteiger charge is 2.03. The topological polar surface area (TPSA) is 29.5 Å². The molecule has 0 saturated heterocycles. The first kappa shape index (κ1) is 9.36. The quantitative estimate of drug-likeness (QED) is 0.579. The Morgan fingerprint density at radius 2 is 2.17 bits per heavy atom. The first-order valence-electron chi connectivity index (χ1n) is 3.72. The Morgan fingerprint density at radius 1 is 1.50 bits per heavy atom. The Hall–Kier alpha value is -0.730. The van der Waals surface area contributed by atoms with Gasteiger partial charge in [-0.15, -0.1) is 11.6 Å². The van der Waals surface area contributed by atoms with Gasteiger partial charge in [0.25, 0.3) is 0 Å². The van der Waals surface area contributed by atoms with Crippen LogP contribution in [-0.4, -0.2) is 11.4 Å². The lowest BCUT2D eigenvalue weighted by atomic mass is 10.2. The van der Waals surface area contributed by atoms with Crippen LogP contribution in [0.5, 0.6) is 5.75 Å². The normalized spacial score (nSPS) is 12.6. The minimum atomic E-state index is -0.797. The van der Waals surface area contributed by atoms with Gasteiger partial charge in [-0.05, 0) is 13.0 Å². The molecule has 0 bridgehead atoms. The summed E-state index contributed by atoms with van der Waals surface area (Å²) in [6, 6.07) is 7.37. The van der Waals surface area contributed by atoms with Crippen molar-refractivity contribution >= 4 is 11.6 Å². The van der Waals surface area contributed by atoms with E-state index in [2.05, 4.69) is 0 Å². The average molecular weight is 187 g/mol. The van der Waals surface area contributed by atoms with Crippen molar-refractivity contribution in [2.75, 3.05) is 0 Å². The zero-order valence-corrected chi connectivity index (χ0v) is 7.58. The molecule has 0 radical (unpaired) electrons. The minimum absolute atomic E-state index is 0.392. The van der Waals surface area contributed by atoms with E-state index in [9.17, 15) is 0 Å². The Kier molecular flexibility index (Phi) is 3.38. The molecule has 0 fully saturated rings. The molecule has 0 aliphatic heterocycles. The molecular weight excluding hydrogens is 176 g/mol. The van der Waals surface area contributed by atoms with Gasteiger partial charge in [0.15, 0.2) is 6.29 Å². The van der Waals surface area contributed by atoms with Crippen molar-refractivity contribution in [3.8, 4) is 5.75 Å². The fourth-order valence-corrected chi connectivity index (χ4v) is 1.13. The van der Waals surface area contributed by atoms with Gasteiger partial charge in [0.2, 0.25) is 0 Å². The predicted molar refractivity (Wildman–Crippen MR) is 48.3 cm³/mol. The van der Waals surface area contributed by atoms with Gasteiger partial charge >= 0.3 is 0 Å².